The third-order valence-electron chi connectivity index (χ3n) is 4.77. The Kier molecular flexibility index (Phi) is 8.91. The number of carboxylic acid groups (broad SMARTS) is 1. The van der Waals surface area contributed by atoms with Crippen LogP contribution in [-0.4, -0.2) is 45.9 Å². The molecule has 0 heterocycles. The fourth-order valence-electron chi connectivity index (χ4n) is 3.27. The molecule has 6 nitrogen and oxygen atoms in total. The summed E-state index contributed by atoms with van der Waals surface area (Å²) in [5, 5.41) is 28.9. The van der Waals surface area contributed by atoms with Crippen LogP contribution in [0.2, 0.25) is 0 Å². The van der Waals surface area contributed by atoms with Gasteiger partial charge >= 0.3 is 5.97 Å². The van der Waals surface area contributed by atoms with Crippen LogP contribution in [0.3, 0.4) is 0 Å². The second kappa shape index (κ2) is 11.4. The molecular weight excluding hydrogens is 360 g/mol. The lowest BCUT2D eigenvalue weighted by atomic mass is 9.90. The highest BCUT2D eigenvalue weighted by Crippen LogP contribution is 2.33. The third kappa shape index (κ3) is 7.29. The van der Waals surface area contributed by atoms with Gasteiger partial charge in [-0.25, -0.2) is 0 Å². The molecule has 1 aromatic carbocycles. The van der Waals surface area contributed by atoms with Gasteiger partial charge in [-0.05, 0) is 31.4 Å². The van der Waals surface area contributed by atoms with Gasteiger partial charge < -0.3 is 20.1 Å². The van der Waals surface area contributed by atoms with E-state index in [0.29, 0.717) is 25.0 Å². The number of carbonyl (C=O) groups excluding carboxylic acids is 1. The van der Waals surface area contributed by atoms with Gasteiger partial charge in [-0.1, -0.05) is 42.5 Å². The Labute approximate surface area is 165 Å². The van der Waals surface area contributed by atoms with Crippen molar-refractivity contribution in [1.29, 1.82) is 0 Å². The maximum absolute atomic E-state index is 12.2. The SMILES string of the molecule is O=C(O)CCC/C=C\C[C@H]1C(=O)C[C@@H](O)C1/C=C/[C@@H](O)COc1ccccc1. The maximum atomic E-state index is 12.2. The molecule has 0 amide bonds. The van der Waals surface area contributed by atoms with Crippen molar-refractivity contribution in [2.24, 2.45) is 11.8 Å². The van der Waals surface area contributed by atoms with Gasteiger partial charge in [0.25, 0.3) is 0 Å². The molecule has 152 valence electrons. The van der Waals surface area contributed by atoms with Crippen LogP contribution in [0.25, 0.3) is 0 Å². The van der Waals surface area contributed by atoms with Gasteiger partial charge in [0.15, 0.2) is 0 Å². The smallest absolute Gasteiger partial charge is 0.303 e. The first-order valence-electron chi connectivity index (χ1n) is 9.59. The topological polar surface area (TPSA) is 104 Å². The minimum Gasteiger partial charge on any atom is -0.491 e. The second-order valence-electron chi connectivity index (χ2n) is 6.99. The van der Waals surface area contributed by atoms with E-state index in [4.69, 9.17) is 9.84 Å². The van der Waals surface area contributed by atoms with Crippen LogP contribution in [0.4, 0.5) is 0 Å². The number of aliphatic carboxylic acids is 1. The lowest BCUT2D eigenvalue weighted by Crippen LogP contribution is -2.20. The van der Waals surface area contributed by atoms with Crippen molar-refractivity contribution < 1.29 is 29.6 Å². The number of hydrogen-bond donors (Lipinski definition) is 3. The zero-order valence-electron chi connectivity index (χ0n) is 15.8. The number of para-hydroxylation sites is 1. The molecule has 0 spiro atoms. The Morgan fingerprint density at radius 1 is 1.25 bits per heavy atom. The summed E-state index contributed by atoms with van der Waals surface area (Å²) in [5.41, 5.74) is 0. The Hall–Kier alpha value is -2.44. The monoisotopic (exact) mass is 388 g/mol. The van der Waals surface area contributed by atoms with Gasteiger partial charge in [0.05, 0.1) is 6.10 Å². The van der Waals surface area contributed by atoms with Crippen molar-refractivity contribution in [3.63, 3.8) is 0 Å². The molecule has 1 fully saturated rings. The average molecular weight is 388 g/mol. The van der Waals surface area contributed by atoms with E-state index in [1.165, 1.54) is 0 Å². The average Bonchev–Trinajstić information content (AvgIpc) is 2.94. The van der Waals surface area contributed by atoms with E-state index >= 15 is 0 Å². The first-order chi connectivity index (χ1) is 13.5. The number of rotatable bonds is 11. The number of hydrogen-bond acceptors (Lipinski definition) is 5. The highest BCUT2D eigenvalue weighted by Gasteiger charge is 2.39. The zero-order valence-corrected chi connectivity index (χ0v) is 15.8. The summed E-state index contributed by atoms with van der Waals surface area (Å²) in [6, 6.07) is 9.17. The van der Waals surface area contributed by atoms with E-state index in [1.54, 1.807) is 24.3 Å². The molecule has 2 rings (SSSR count). The van der Waals surface area contributed by atoms with Crippen LogP contribution < -0.4 is 4.74 Å². The van der Waals surface area contributed by atoms with Crippen molar-refractivity contribution in [2.45, 2.75) is 44.3 Å². The molecule has 1 saturated carbocycles. The summed E-state index contributed by atoms with van der Waals surface area (Å²) < 4.78 is 5.49. The third-order valence-corrected chi connectivity index (χ3v) is 4.77. The second-order valence-corrected chi connectivity index (χ2v) is 6.99. The van der Waals surface area contributed by atoms with E-state index in [-0.39, 0.29) is 37.1 Å². The molecule has 6 heteroatoms. The summed E-state index contributed by atoms with van der Waals surface area (Å²) in [7, 11) is 0. The molecule has 0 aliphatic heterocycles. The number of Topliss-reactive ketones (excluding diaryl/α,β-unsaturated/α-hetero) is 1. The van der Waals surface area contributed by atoms with Crippen LogP contribution in [0.15, 0.2) is 54.6 Å². The summed E-state index contributed by atoms with van der Waals surface area (Å²) in [4.78, 5) is 22.7. The predicted octanol–water partition coefficient (Wildman–Crippen LogP) is 2.75. The van der Waals surface area contributed by atoms with Crippen molar-refractivity contribution in [3.8, 4) is 5.75 Å². The normalized spacial score (nSPS) is 23.5. The largest absolute Gasteiger partial charge is 0.491 e. The first-order valence-corrected chi connectivity index (χ1v) is 9.59. The quantitative estimate of drug-likeness (QED) is 0.398. The number of ether oxygens (including phenoxy) is 1. The van der Waals surface area contributed by atoms with Crippen molar-refractivity contribution in [3.05, 3.63) is 54.6 Å². The highest BCUT2D eigenvalue weighted by atomic mass is 16.5. The molecule has 1 unspecified atom stereocenters. The van der Waals surface area contributed by atoms with Crippen LogP contribution in [-0.2, 0) is 9.59 Å². The molecular formula is C22H28O6. The van der Waals surface area contributed by atoms with E-state index in [1.807, 2.05) is 30.4 Å². The number of ketones is 1. The van der Waals surface area contributed by atoms with Crippen molar-refractivity contribution >= 4 is 11.8 Å². The highest BCUT2D eigenvalue weighted by molar-refractivity contribution is 5.84. The summed E-state index contributed by atoms with van der Waals surface area (Å²) in [5.74, 6) is -0.821. The molecule has 1 aliphatic rings. The van der Waals surface area contributed by atoms with Gasteiger partial charge in [0.1, 0.15) is 24.2 Å². The van der Waals surface area contributed by atoms with Crippen LogP contribution in [0.1, 0.15) is 32.1 Å². The number of carbonyl (C=O) groups is 2. The van der Waals surface area contributed by atoms with E-state index < -0.39 is 18.2 Å². The first kappa shape index (κ1) is 21.9. The fourth-order valence-corrected chi connectivity index (χ4v) is 3.27. The summed E-state index contributed by atoms with van der Waals surface area (Å²) in [6.07, 6.45) is 7.37. The van der Waals surface area contributed by atoms with Crippen LogP contribution >= 0.6 is 0 Å². The molecule has 0 bridgehead atoms. The number of allylic oxidation sites excluding steroid dienone is 2. The Bertz CT molecular complexity index is 682. The van der Waals surface area contributed by atoms with Gasteiger partial charge in [-0.3, -0.25) is 9.59 Å². The summed E-state index contributed by atoms with van der Waals surface area (Å²) >= 11 is 0. The number of aliphatic hydroxyl groups is 2. The molecule has 0 aromatic heterocycles. The van der Waals surface area contributed by atoms with E-state index in [9.17, 15) is 19.8 Å². The summed E-state index contributed by atoms with van der Waals surface area (Å²) in [6.45, 7) is 0.0887. The number of benzene rings is 1. The van der Waals surface area contributed by atoms with Crippen molar-refractivity contribution in [1.82, 2.24) is 0 Å². The predicted molar refractivity (Wildman–Crippen MR) is 105 cm³/mol. The standard InChI is InChI=1S/C22H28O6/c23-16(15-28-17-8-4-3-5-9-17)12-13-19-18(20(24)14-21(19)25)10-6-1-2-7-11-22(26)27/h1,3-6,8-9,12-13,16,18-19,21,23,25H,2,7,10-11,14-15H2,(H,26,27)/b6-1-,13-12+/t16-,18-,19?,21-/m1/s1. The minimum absolute atomic E-state index is 0.00682. The van der Waals surface area contributed by atoms with Gasteiger partial charge in [-0.2, -0.15) is 0 Å². The maximum Gasteiger partial charge on any atom is 0.303 e. The number of aliphatic hydroxyl groups excluding tert-OH is 2. The van der Waals surface area contributed by atoms with E-state index in [2.05, 4.69) is 0 Å². The van der Waals surface area contributed by atoms with Crippen LogP contribution in [0, 0.1) is 11.8 Å². The Balaban J connectivity index is 1.82. The molecule has 1 aromatic rings. The van der Waals surface area contributed by atoms with Crippen molar-refractivity contribution in [2.75, 3.05) is 6.61 Å². The molecule has 4 atom stereocenters. The molecule has 28 heavy (non-hydrogen) atoms. The lowest BCUT2D eigenvalue weighted by Gasteiger charge is -2.17. The Morgan fingerprint density at radius 2 is 2.00 bits per heavy atom. The molecule has 1 aliphatic carbocycles. The lowest BCUT2D eigenvalue weighted by molar-refractivity contribution is -0.137. The van der Waals surface area contributed by atoms with Gasteiger partial charge in [-0.15, -0.1) is 0 Å². The van der Waals surface area contributed by atoms with Crippen LogP contribution in [0.5, 0.6) is 5.75 Å². The Morgan fingerprint density at radius 3 is 2.71 bits per heavy atom. The van der Waals surface area contributed by atoms with E-state index in [0.717, 1.165) is 0 Å². The molecule has 0 saturated heterocycles. The fraction of sp³-hybridized carbons (Fsp3) is 0.455. The number of carboxylic acids is 1. The minimum atomic E-state index is -0.838. The number of unbranched alkanes of at least 4 members (excludes halogenated alkanes) is 1. The molecule has 0 radical (unpaired) electrons. The van der Waals surface area contributed by atoms with Gasteiger partial charge in [0.2, 0.25) is 0 Å². The van der Waals surface area contributed by atoms with Gasteiger partial charge in [0, 0.05) is 24.7 Å². The zero-order chi connectivity index (χ0) is 20.4. The molecule has 3 N–H and O–H groups in total.